The van der Waals surface area contributed by atoms with Gasteiger partial charge in [0.1, 0.15) is 43.9 Å². The Labute approximate surface area is 498 Å². The van der Waals surface area contributed by atoms with Crippen LogP contribution in [0.5, 0.6) is 17.2 Å². The van der Waals surface area contributed by atoms with Crippen LogP contribution in [0.25, 0.3) is 0 Å². The van der Waals surface area contributed by atoms with E-state index in [1.807, 2.05) is 0 Å². The predicted molar refractivity (Wildman–Crippen MR) is 274 cm³/mol. The molecule has 1 aliphatic carbocycles. The molecule has 9 unspecified atom stereocenters. The lowest BCUT2D eigenvalue weighted by Crippen LogP contribution is -2.63. The Morgan fingerprint density at radius 1 is 0.341 bits per heavy atom. The maximum atomic E-state index is 15.7. The van der Waals surface area contributed by atoms with Crippen molar-refractivity contribution in [3.05, 3.63) is 28.2 Å². The van der Waals surface area contributed by atoms with Crippen molar-refractivity contribution in [2.45, 2.75) is 189 Å². The first kappa shape index (κ1) is 69.6. The van der Waals surface area contributed by atoms with Crippen LogP contribution in [-0.2, 0) is 144 Å². The van der Waals surface area contributed by atoms with Gasteiger partial charge in [-0.1, -0.05) is 6.92 Å². The number of ketones is 2. The Hall–Kier alpha value is -9.18. The molecule has 484 valence electrons. The van der Waals surface area contributed by atoms with Crippen LogP contribution in [0.4, 0.5) is 0 Å². The predicted octanol–water partition coefficient (Wildman–Crippen LogP) is -0.0879. The molecule has 34 heteroatoms. The van der Waals surface area contributed by atoms with Crippen molar-refractivity contribution >= 4 is 83.2 Å². The van der Waals surface area contributed by atoms with E-state index in [2.05, 4.69) is 0 Å². The molecule has 0 bridgehead atoms. The zero-order chi connectivity index (χ0) is 65.9. The first-order valence-electron chi connectivity index (χ1n) is 26.5. The molecular weight excluding hydrogens is 1190 g/mol. The van der Waals surface area contributed by atoms with Crippen LogP contribution in [0.1, 0.15) is 116 Å². The van der Waals surface area contributed by atoms with Gasteiger partial charge in [0, 0.05) is 88.6 Å². The molecule has 2 N–H and O–H groups in total. The summed E-state index contributed by atoms with van der Waals surface area (Å²) < 4.78 is 101. The SMILES string of the molecule is CCc1c(O)c2c(c(O)c1O[C@@H]1OC(COC(C)=O)[C@@H](OC(C)=O)C(OC(C)=O)C1OC(C)=O)C(=O)C(O[C@@H]1OC(COC(C)=O)[C@@H](OC(C)=O)C(OC(C)=O)C1OC(C)=O)=C(O[C@@H]1OC(COC(C)=O)[C@@H](OC(C)=O)C(OC(C)=O)C1OC(C)=O)C2=O. The van der Waals surface area contributed by atoms with Crippen LogP contribution < -0.4 is 4.74 Å². The van der Waals surface area contributed by atoms with Gasteiger partial charge >= 0.3 is 71.6 Å². The zero-order valence-electron chi connectivity index (χ0n) is 49.4. The smallest absolute Gasteiger partial charge is 0.303 e. The monoisotopic (exact) mass is 1260 g/mol. The van der Waals surface area contributed by atoms with Gasteiger partial charge in [-0.2, -0.15) is 0 Å². The van der Waals surface area contributed by atoms with Gasteiger partial charge in [-0.25, -0.2) is 0 Å². The minimum Gasteiger partial charge on any atom is -0.507 e. The van der Waals surface area contributed by atoms with Gasteiger partial charge in [-0.3, -0.25) is 67.1 Å². The largest absolute Gasteiger partial charge is 0.507 e. The Morgan fingerprint density at radius 2 is 0.580 bits per heavy atom. The van der Waals surface area contributed by atoms with E-state index in [1.165, 1.54) is 6.92 Å². The van der Waals surface area contributed by atoms with E-state index in [-0.39, 0.29) is 0 Å². The summed E-state index contributed by atoms with van der Waals surface area (Å²) in [6.45, 7) is 9.63. The topological polar surface area (TPSA) is 446 Å². The van der Waals surface area contributed by atoms with Crippen molar-refractivity contribution in [1.29, 1.82) is 0 Å². The van der Waals surface area contributed by atoms with Crippen LogP contribution in [0.2, 0.25) is 0 Å². The zero-order valence-corrected chi connectivity index (χ0v) is 49.4. The molecule has 3 aliphatic heterocycles. The summed E-state index contributed by atoms with van der Waals surface area (Å²) >= 11 is 0. The molecule has 0 amide bonds. The molecule has 4 aliphatic rings. The third kappa shape index (κ3) is 17.3. The second-order valence-corrected chi connectivity index (χ2v) is 19.5. The fourth-order valence-electron chi connectivity index (χ4n) is 9.50. The average Bonchev–Trinajstić information content (AvgIpc) is 1.11. The van der Waals surface area contributed by atoms with Crippen molar-refractivity contribution in [2.75, 3.05) is 19.8 Å². The Morgan fingerprint density at radius 3 is 0.830 bits per heavy atom. The number of aromatic hydroxyl groups is 2. The van der Waals surface area contributed by atoms with Crippen LogP contribution >= 0.6 is 0 Å². The number of carbonyl (C=O) groups excluding carboxylic acids is 14. The van der Waals surface area contributed by atoms with Crippen molar-refractivity contribution in [3.63, 3.8) is 0 Å². The van der Waals surface area contributed by atoms with Crippen LogP contribution in [0, 0.1) is 0 Å². The second-order valence-electron chi connectivity index (χ2n) is 19.5. The highest BCUT2D eigenvalue weighted by Gasteiger charge is 2.59. The van der Waals surface area contributed by atoms with Crippen LogP contribution in [0.3, 0.4) is 0 Å². The van der Waals surface area contributed by atoms with E-state index in [0.29, 0.717) is 0 Å². The molecule has 15 atom stereocenters. The standard InChI is InChI=1S/C54H64O34/c1-14-30-36(67)34-35(37(68)40(30)86-52-49(80-27(11)64)46(77-24(8)61)41(74-21(5)58)31(83-52)15-71-18(2)55)39(70)45(88-54-51(82-29(13)66)48(79-26(10)63)43(76-23(7)60)33(85-54)17-73-20(4)57)44(38(34)69)87-53-50(81-28(12)65)47(78-25(9)62)42(75-22(6)59)32(84-53)16-72-19(3)56/h31-33,41-43,46-54,67-68H,14-17H2,1-13H3/t31?,32?,33?,41-,42-,43-,46?,47?,48?,49?,50?,51?,52+,53+,54+/m1/s1. The average molecular weight is 1260 g/mol. The Balaban J connectivity index is 1.87. The third-order valence-corrected chi connectivity index (χ3v) is 12.5. The number of phenolic OH excluding ortho intramolecular Hbond substituents is 2. The summed E-state index contributed by atoms with van der Waals surface area (Å²) in [5.74, 6) is -22.8. The minimum atomic E-state index is -2.46. The number of carbonyl (C=O) groups is 14. The molecule has 3 fully saturated rings. The third-order valence-electron chi connectivity index (χ3n) is 12.5. The van der Waals surface area contributed by atoms with Crippen LogP contribution in [0.15, 0.2) is 11.5 Å². The Kier molecular flexibility index (Phi) is 23.7. The quantitative estimate of drug-likeness (QED) is 0.0870. The van der Waals surface area contributed by atoms with E-state index in [1.54, 1.807) is 0 Å². The number of hydrogen-bond acceptors (Lipinski definition) is 34. The summed E-state index contributed by atoms with van der Waals surface area (Å²) in [6.07, 6.45) is -30.7. The molecule has 0 aromatic heterocycles. The van der Waals surface area contributed by atoms with E-state index in [4.69, 9.17) is 85.3 Å². The number of fused-ring (bicyclic) bond motifs is 1. The molecule has 0 radical (unpaired) electrons. The van der Waals surface area contributed by atoms with Crippen molar-refractivity contribution < 1.29 is 163 Å². The Bertz CT molecular complexity index is 2980. The minimum absolute atomic E-state index is 0.484. The normalized spacial score (nSPS) is 27.3. The van der Waals surface area contributed by atoms with E-state index in [9.17, 15) is 67.7 Å². The van der Waals surface area contributed by atoms with Crippen molar-refractivity contribution in [1.82, 2.24) is 0 Å². The van der Waals surface area contributed by atoms with Gasteiger partial charge in [0.25, 0.3) is 0 Å². The maximum Gasteiger partial charge on any atom is 0.303 e. The molecule has 34 nitrogen and oxygen atoms in total. The molecule has 3 saturated heterocycles. The number of rotatable bonds is 22. The molecule has 5 rings (SSSR count). The number of phenols is 2. The number of esters is 12. The van der Waals surface area contributed by atoms with Gasteiger partial charge in [0.2, 0.25) is 60.3 Å². The molecular formula is C54H64O34. The lowest BCUT2D eigenvalue weighted by Gasteiger charge is -2.45. The summed E-state index contributed by atoms with van der Waals surface area (Å²) in [4.78, 5) is 182. The highest BCUT2D eigenvalue weighted by atomic mass is 16.8. The number of Topliss-reactive ketones (excluding diaryl/α,β-unsaturated/α-hetero) is 2. The second kappa shape index (κ2) is 30.0. The summed E-state index contributed by atoms with van der Waals surface area (Å²) in [5.41, 5.74) is -3.02. The number of hydrogen-bond donors (Lipinski definition) is 2. The fraction of sp³-hybridized carbons (Fsp3) is 0.593. The summed E-state index contributed by atoms with van der Waals surface area (Å²) in [5, 5.41) is 24.9. The summed E-state index contributed by atoms with van der Waals surface area (Å²) in [7, 11) is 0. The summed E-state index contributed by atoms with van der Waals surface area (Å²) in [6, 6.07) is 0. The van der Waals surface area contributed by atoms with Crippen LogP contribution in [-0.4, -0.2) is 205 Å². The number of benzene rings is 1. The van der Waals surface area contributed by atoms with Gasteiger partial charge in [-0.15, -0.1) is 0 Å². The highest BCUT2D eigenvalue weighted by Crippen LogP contribution is 2.50. The molecule has 1 aromatic rings. The molecule has 0 saturated carbocycles. The van der Waals surface area contributed by atoms with Gasteiger partial charge in [0.05, 0.1) is 11.1 Å². The van der Waals surface area contributed by atoms with Gasteiger partial charge < -0.3 is 95.5 Å². The lowest BCUT2D eigenvalue weighted by atomic mass is 9.87. The van der Waals surface area contributed by atoms with E-state index >= 15 is 9.59 Å². The number of allylic oxidation sites excluding steroid dienone is 2. The fourth-order valence-corrected chi connectivity index (χ4v) is 9.50. The van der Waals surface area contributed by atoms with Crippen molar-refractivity contribution in [3.8, 4) is 17.2 Å². The van der Waals surface area contributed by atoms with Gasteiger partial charge in [0.15, 0.2) is 48.1 Å². The highest BCUT2D eigenvalue weighted by molar-refractivity contribution is 6.28. The first-order valence-corrected chi connectivity index (χ1v) is 26.5. The maximum absolute atomic E-state index is 15.7. The lowest BCUT2D eigenvalue weighted by molar-refractivity contribution is -0.304. The molecule has 0 spiro atoms. The first-order chi connectivity index (χ1) is 41.1. The van der Waals surface area contributed by atoms with Gasteiger partial charge in [-0.05, 0) is 6.42 Å². The number of ether oxygens (including phenoxy) is 18. The van der Waals surface area contributed by atoms with E-state index in [0.717, 1.165) is 83.1 Å². The van der Waals surface area contributed by atoms with E-state index < -0.39 is 247 Å². The van der Waals surface area contributed by atoms with Crippen molar-refractivity contribution in [2.24, 2.45) is 0 Å². The molecule has 1 aromatic carbocycles. The molecule has 3 heterocycles. The molecule has 88 heavy (non-hydrogen) atoms.